The van der Waals surface area contributed by atoms with E-state index >= 15 is 0 Å². The van der Waals surface area contributed by atoms with Crippen molar-refractivity contribution in [2.75, 3.05) is 18.4 Å². The Balaban J connectivity index is 1.82. The lowest BCUT2D eigenvalue weighted by Gasteiger charge is -2.09. The number of carbonyl (C=O) groups is 1. The van der Waals surface area contributed by atoms with Gasteiger partial charge in [-0.1, -0.05) is 11.6 Å². The summed E-state index contributed by atoms with van der Waals surface area (Å²) in [6.45, 7) is 0.534. The molecule has 0 bridgehead atoms. The lowest BCUT2D eigenvalue weighted by molar-refractivity contribution is -0.385. The summed E-state index contributed by atoms with van der Waals surface area (Å²) >= 11 is 5.74. The molecule has 8 heteroatoms. The fourth-order valence-corrected chi connectivity index (χ4v) is 1.96. The minimum Gasteiger partial charge on any atom is -0.381 e. The van der Waals surface area contributed by atoms with Gasteiger partial charge >= 0.3 is 0 Å². The number of benzene rings is 2. The Hall–Kier alpha value is -2.67. The molecule has 120 valence electrons. The molecular formula is C15H13ClFN3O3. The van der Waals surface area contributed by atoms with Crippen LogP contribution in [0.3, 0.4) is 0 Å². The summed E-state index contributed by atoms with van der Waals surface area (Å²) < 4.78 is 13.6. The summed E-state index contributed by atoms with van der Waals surface area (Å²) in [5, 5.41) is 16.5. The van der Waals surface area contributed by atoms with Crippen molar-refractivity contribution in [1.82, 2.24) is 5.32 Å². The van der Waals surface area contributed by atoms with Crippen molar-refractivity contribution < 1.29 is 14.1 Å². The van der Waals surface area contributed by atoms with Gasteiger partial charge in [-0.15, -0.1) is 0 Å². The fourth-order valence-electron chi connectivity index (χ4n) is 1.84. The lowest BCUT2D eigenvalue weighted by atomic mass is 10.2. The number of nitro groups is 1. The molecule has 0 atom stereocenters. The van der Waals surface area contributed by atoms with Crippen LogP contribution < -0.4 is 10.6 Å². The van der Waals surface area contributed by atoms with Crippen molar-refractivity contribution >= 4 is 28.9 Å². The van der Waals surface area contributed by atoms with Crippen molar-refractivity contribution in [2.45, 2.75) is 0 Å². The van der Waals surface area contributed by atoms with Gasteiger partial charge in [0.25, 0.3) is 11.6 Å². The number of nitrogens with one attached hydrogen (secondary N) is 2. The number of nitrogens with zero attached hydrogens (tertiary/aromatic N) is 1. The molecule has 23 heavy (non-hydrogen) atoms. The molecule has 2 N–H and O–H groups in total. The Morgan fingerprint density at radius 2 is 1.87 bits per heavy atom. The first-order valence-electron chi connectivity index (χ1n) is 6.69. The van der Waals surface area contributed by atoms with Crippen molar-refractivity contribution in [2.24, 2.45) is 0 Å². The maximum Gasteiger partial charge on any atom is 0.272 e. The standard InChI is InChI=1S/C15H13ClFN3O3/c16-11-3-1-10(2-4-11)15(21)19-8-7-18-14-6-5-12(20(22)23)9-13(14)17/h1-6,9,18H,7-8H2,(H,19,21). The molecule has 0 radical (unpaired) electrons. The molecule has 2 aromatic carbocycles. The zero-order valence-electron chi connectivity index (χ0n) is 11.9. The number of hydrogen-bond acceptors (Lipinski definition) is 4. The number of halogens is 2. The van der Waals surface area contributed by atoms with Crippen LogP contribution in [0.25, 0.3) is 0 Å². The van der Waals surface area contributed by atoms with Crippen LogP contribution in [0.2, 0.25) is 5.02 Å². The SMILES string of the molecule is O=C(NCCNc1ccc([N+](=O)[O-])cc1F)c1ccc(Cl)cc1. The highest BCUT2D eigenvalue weighted by molar-refractivity contribution is 6.30. The molecule has 0 fully saturated rings. The Labute approximate surface area is 136 Å². The number of carbonyl (C=O) groups excluding carboxylic acids is 1. The van der Waals surface area contributed by atoms with E-state index in [1.54, 1.807) is 24.3 Å². The third-order valence-corrected chi connectivity index (χ3v) is 3.25. The fraction of sp³-hybridized carbons (Fsp3) is 0.133. The van der Waals surface area contributed by atoms with Crippen LogP contribution in [0, 0.1) is 15.9 Å². The second kappa shape index (κ2) is 7.55. The number of rotatable bonds is 6. The first kappa shape index (κ1) is 16.7. The predicted octanol–water partition coefficient (Wildman–Crippen LogP) is 3.23. The minimum atomic E-state index is -0.719. The highest BCUT2D eigenvalue weighted by Gasteiger charge is 2.10. The maximum absolute atomic E-state index is 13.6. The maximum atomic E-state index is 13.6. The predicted molar refractivity (Wildman–Crippen MR) is 85.3 cm³/mol. The Morgan fingerprint density at radius 1 is 1.17 bits per heavy atom. The van der Waals surface area contributed by atoms with Gasteiger partial charge in [0.05, 0.1) is 16.7 Å². The van der Waals surface area contributed by atoms with Crippen LogP contribution in [0.5, 0.6) is 0 Å². The topological polar surface area (TPSA) is 84.3 Å². The van der Waals surface area contributed by atoms with E-state index in [1.165, 1.54) is 12.1 Å². The summed E-state index contributed by atoms with van der Waals surface area (Å²) in [7, 11) is 0. The average molecular weight is 338 g/mol. The van der Waals surface area contributed by atoms with E-state index in [2.05, 4.69) is 10.6 Å². The van der Waals surface area contributed by atoms with E-state index < -0.39 is 10.7 Å². The molecule has 0 aliphatic carbocycles. The Bertz CT molecular complexity index is 722. The largest absolute Gasteiger partial charge is 0.381 e. The van der Waals surface area contributed by atoms with Crippen LogP contribution in [-0.2, 0) is 0 Å². The van der Waals surface area contributed by atoms with Gasteiger partial charge in [-0.2, -0.15) is 0 Å². The van der Waals surface area contributed by atoms with Crippen LogP contribution in [0.1, 0.15) is 10.4 Å². The summed E-state index contributed by atoms with van der Waals surface area (Å²) in [5.41, 5.74) is 0.288. The van der Waals surface area contributed by atoms with Gasteiger partial charge in [-0.25, -0.2) is 4.39 Å². The van der Waals surface area contributed by atoms with Crippen molar-refractivity contribution in [3.8, 4) is 0 Å². The molecule has 2 aromatic rings. The van der Waals surface area contributed by atoms with E-state index in [0.717, 1.165) is 6.07 Å². The molecule has 0 aliphatic rings. The first-order chi connectivity index (χ1) is 11.0. The smallest absolute Gasteiger partial charge is 0.272 e. The third-order valence-electron chi connectivity index (χ3n) is 3.00. The molecule has 0 saturated carbocycles. The quantitative estimate of drug-likeness (QED) is 0.481. The minimum absolute atomic E-state index is 0.136. The van der Waals surface area contributed by atoms with E-state index in [1.807, 2.05) is 0 Å². The lowest BCUT2D eigenvalue weighted by Crippen LogP contribution is -2.28. The zero-order chi connectivity index (χ0) is 16.8. The number of non-ortho nitro benzene ring substituents is 1. The Kier molecular flexibility index (Phi) is 5.48. The summed E-state index contributed by atoms with van der Waals surface area (Å²) in [6.07, 6.45) is 0. The molecule has 0 heterocycles. The van der Waals surface area contributed by atoms with E-state index in [9.17, 15) is 19.3 Å². The number of anilines is 1. The highest BCUT2D eigenvalue weighted by Crippen LogP contribution is 2.20. The molecule has 2 rings (SSSR count). The Morgan fingerprint density at radius 3 is 2.48 bits per heavy atom. The van der Waals surface area contributed by atoms with Crippen molar-refractivity contribution in [3.05, 3.63) is 69.0 Å². The van der Waals surface area contributed by atoms with Crippen LogP contribution in [0.4, 0.5) is 15.8 Å². The zero-order valence-corrected chi connectivity index (χ0v) is 12.6. The molecule has 0 aliphatic heterocycles. The molecule has 0 unspecified atom stereocenters. The summed E-state index contributed by atoms with van der Waals surface area (Å²) in [6, 6.07) is 9.75. The van der Waals surface area contributed by atoms with Crippen LogP contribution in [-0.4, -0.2) is 23.9 Å². The van der Waals surface area contributed by atoms with E-state index in [-0.39, 0.29) is 30.4 Å². The second-order valence-corrected chi connectivity index (χ2v) is 5.05. The van der Waals surface area contributed by atoms with Crippen LogP contribution >= 0.6 is 11.6 Å². The van der Waals surface area contributed by atoms with E-state index in [4.69, 9.17) is 11.6 Å². The monoisotopic (exact) mass is 337 g/mol. The van der Waals surface area contributed by atoms with Gasteiger partial charge in [-0.3, -0.25) is 14.9 Å². The molecule has 0 spiro atoms. The van der Waals surface area contributed by atoms with Crippen molar-refractivity contribution in [3.63, 3.8) is 0 Å². The number of hydrogen-bond donors (Lipinski definition) is 2. The van der Waals surface area contributed by atoms with Gasteiger partial charge in [0.2, 0.25) is 0 Å². The van der Waals surface area contributed by atoms with Gasteiger partial charge in [0.15, 0.2) is 5.82 Å². The highest BCUT2D eigenvalue weighted by atomic mass is 35.5. The molecule has 0 aromatic heterocycles. The molecule has 6 nitrogen and oxygen atoms in total. The number of amides is 1. The molecule has 0 saturated heterocycles. The first-order valence-corrected chi connectivity index (χ1v) is 7.07. The molecule has 1 amide bonds. The normalized spacial score (nSPS) is 10.2. The molecular weight excluding hydrogens is 325 g/mol. The van der Waals surface area contributed by atoms with Crippen molar-refractivity contribution in [1.29, 1.82) is 0 Å². The summed E-state index contributed by atoms with van der Waals surface area (Å²) in [5.74, 6) is -0.990. The van der Waals surface area contributed by atoms with E-state index in [0.29, 0.717) is 10.6 Å². The van der Waals surface area contributed by atoms with Gasteiger partial charge in [0, 0.05) is 29.7 Å². The average Bonchev–Trinajstić information content (AvgIpc) is 2.53. The van der Waals surface area contributed by atoms with Gasteiger partial charge in [-0.05, 0) is 30.3 Å². The van der Waals surface area contributed by atoms with Gasteiger partial charge < -0.3 is 10.6 Å². The number of nitro benzene ring substituents is 1. The van der Waals surface area contributed by atoms with Crippen LogP contribution in [0.15, 0.2) is 42.5 Å². The van der Waals surface area contributed by atoms with Gasteiger partial charge in [0.1, 0.15) is 0 Å². The second-order valence-electron chi connectivity index (χ2n) is 4.61. The summed E-state index contributed by atoms with van der Waals surface area (Å²) in [4.78, 5) is 21.7. The third kappa shape index (κ3) is 4.65.